The van der Waals surface area contributed by atoms with E-state index in [0.717, 1.165) is 36.2 Å². The van der Waals surface area contributed by atoms with Gasteiger partial charge in [0.15, 0.2) is 0 Å². The summed E-state index contributed by atoms with van der Waals surface area (Å²) >= 11 is 0. The van der Waals surface area contributed by atoms with Crippen LogP contribution in [0.15, 0.2) is 30.3 Å². The van der Waals surface area contributed by atoms with Crippen LogP contribution in [0.2, 0.25) is 0 Å². The lowest BCUT2D eigenvalue weighted by molar-refractivity contribution is -0.127. The maximum Gasteiger partial charge on any atom is 0.239 e. The second-order valence-electron chi connectivity index (χ2n) is 8.13. The maximum absolute atomic E-state index is 12.9. The van der Waals surface area contributed by atoms with E-state index in [1.54, 1.807) is 0 Å². The molecule has 1 saturated heterocycles. The molecular weight excluding hydrogens is 390 g/mol. The molecule has 2 heterocycles. The van der Waals surface area contributed by atoms with Crippen LogP contribution in [0.1, 0.15) is 42.1 Å². The zero-order valence-corrected chi connectivity index (χ0v) is 18.6. The molecule has 0 bridgehead atoms. The third-order valence-electron chi connectivity index (χ3n) is 5.98. The molecule has 0 aliphatic carbocycles. The fraction of sp³-hybridized carbons (Fsp3) is 0.458. The Kier molecular flexibility index (Phi) is 7.48. The number of nitrogens with one attached hydrogen (secondary N) is 2. The van der Waals surface area contributed by atoms with Gasteiger partial charge in [-0.05, 0) is 51.3 Å². The van der Waals surface area contributed by atoms with Crippen LogP contribution in [0, 0.1) is 31.1 Å². The molecule has 1 aromatic carbocycles. The summed E-state index contributed by atoms with van der Waals surface area (Å²) in [6, 6.07) is 12.2. The molecule has 2 aromatic rings. The topological polar surface area (TPSA) is 90.2 Å². The van der Waals surface area contributed by atoms with Crippen molar-refractivity contribution in [3.8, 4) is 6.07 Å². The minimum atomic E-state index is -0.167. The molecule has 0 radical (unpaired) electrons. The number of likely N-dealkylation sites (tertiary alicyclic amines) is 1. The van der Waals surface area contributed by atoms with Gasteiger partial charge >= 0.3 is 0 Å². The second-order valence-corrected chi connectivity index (χ2v) is 8.13. The molecular formula is C24H31N5O2. The number of benzene rings is 1. The lowest BCUT2D eigenvalue weighted by atomic mass is 9.97. The second kappa shape index (κ2) is 10.3. The Hall–Kier alpha value is -3.11. The van der Waals surface area contributed by atoms with E-state index >= 15 is 0 Å². The summed E-state index contributed by atoms with van der Waals surface area (Å²) in [4.78, 5) is 27.1. The Labute approximate surface area is 184 Å². The SMILES string of the molecule is CCNC(=O)C1CCCN(CC(=O)Nc2c(C#N)c(C)c(C)n2Cc2ccccc2)C1. The number of carbonyl (C=O) groups is 2. The molecule has 1 aliphatic rings. The molecule has 1 aliphatic heterocycles. The Morgan fingerprint density at radius 2 is 1.97 bits per heavy atom. The Morgan fingerprint density at radius 1 is 1.23 bits per heavy atom. The van der Waals surface area contributed by atoms with Crippen LogP contribution < -0.4 is 10.6 Å². The molecule has 31 heavy (non-hydrogen) atoms. The summed E-state index contributed by atoms with van der Waals surface area (Å²) in [5.74, 6) is 0.355. The zero-order chi connectivity index (χ0) is 22.4. The highest BCUT2D eigenvalue weighted by molar-refractivity contribution is 5.93. The van der Waals surface area contributed by atoms with Crippen molar-refractivity contribution in [1.29, 1.82) is 5.26 Å². The Morgan fingerprint density at radius 3 is 2.65 bits per heavy atom. The largest absolute Gasteiger partial charge is 0.356 e. The third-order valence-corrected chi connectivity index (χ3v) is 5.98. The van der Waals surface area contributed by atoms with Gasteiger partial charge in [0.05, 0.1) is 18.0 Å². The van der Waals surface area contributed by atoms with E-state index in [9.17, 15) is 14.9 Å². The molecule has 2 N–H and O–H groups in total. The van der Waals surface area contributed by atoms with Gasteiger partial charge in [0.1, 0.15) is 11.9 Å². The van der Waals surface area contributed by atoms with Crippen LogP contribution in [-0.2, 0) is 16.1 Å². The molecule has 7 nitrogen and oxygen atoms in total. The number of hydrogen-bond acceptors (Lipinski definition) is 4. The van der Waals surface area contributed by atoms with Crippen LogP contribution in [0.4, 0.5) is 5.82 Å². The van der Waals surface area contributed by atoms with Gasteiger partial charge in [0, 0.05) is 25.3 Å². The van der Waals surface area contributed by atoms with Gasteiger partial charge in [0.2, 0.25) is 11.8 Å². The number of piperidine rings is 1. The molecule has 1 aromatic heterocycles. The standard InChI is InChI=1S/C24H31N5O2/c1-4-26-24(31)20-11-8-12-28(15-20)16-22(30)27-23-21(13-25)17(2)18(3)29(23)14-19-9-6-5-7-10-19/h5-7,9-10,20H,4,8,11-12,14-16H2,1-3H3,(H,26,31)(H,27,30). The van der Waals surface area contributed by atoms with E-state index in [1.807, 2.05) is 60.6 Å². The van der Waals surface area contributed by atoms with Crippen molar-refractivity contribution in [3.05, 3.63) is 52.7 Å². The molecule has 1 atom stereocenters. The van der Waals surface area contributed by atoms with E-state index < -0.39 is 0 Å². The average Bonchev–Trinajstić information content (AvgIpc) is 2.98. The van der Waals surface area contributed by atoms with Crippen LogP contribution in [0.25, 0.3) is 0 Å². The van der Waals surface area contributed by atoms with Gasteiger partial charge < -0.3 is 15.2 Å². The monoisotopic (exact) mass is 421 g/mol. The first-order chi connectivity index (χ1) is 14.9. The summed E-state index contributed by atoms with van der Waals surface area (Å²) in [5, 5.41) is 15.6. The van der Waals surface area contributed by atoms with Gasteiger partial charge in [-0.1, -0.05) is 30.3 Å². The van der Waals surface area contributed by atoms with Gasteiger partial charge in [-0.15, -0.1) is 0 Å². The van der Waals surface area contributed by atoms with Crippen molar-refractivity contribution in [1.82, 2.24) is 14.8 Å². The van der Waals surface area contributed by atoms with Gasteiger partial charge in [-0.3, -0.25) is 14.5 Å². The summed E-state index contributed by atoms with van der Waals surface area (Å²) in [6.07, 6.45) is 1.74. The van der Waals surface area contributed by atoms with Crippen molar-refractivity contribution in [2.24, 2.45) is 5.92 Å². The molecule has 164 valence electrons. The highest BCUT2D eigenvalue weighted by Crippen LogP contribution is 2.27. The Balaban J connectivity index is 1.74. The van der Waals surface area contributed by atoms with Crippen molar-refractivity contribution < 1.29 is 9.59 Å². The predicted octanol–water partition coefficient (Wildman–Crippen LogP) is 2.81. The van der Waals surface area contributed by atoms with Gasteiger partial charge in [0.25, 0.3) is 0 Å². The number of nitrogens with zero attached hydrogens (tertiary/aromatic N) is 3. The molecule has 1 unspecified atom stereocenters. The molecule has 0 spiro atoms. The molecule has 3 rings (SSSR count). The van der Waals surface area contributed by atoms with Crippen LogP contribution in [-0.4, -0.2) is 47.5 Å². The Bertz CT molecular complexity index is 974. The lowest BCUT2D eigenvalue weighted by Crippen LogP contribution is -2.45. The molecule has 1 fully saturated rings. The number of amides is 2. The van der Waals surface area contributed by atoms with Crippen molar-refractivity contribution >= 4 is 17.6 Å². The van der Waals surface area contributed by atoms with Crippen LogP contribution in [0.5, 0.6) is 0 Å². The van der Waals surface area contributed by atoms with E-state index in [1.165, 1.54) is 0 Å². The lowest BCUT2D eigenvalue weighted by Gasteiger charge is -2.31. The summed E-state index contributed by atoms with van der Waals surface area (Å²) in [7, 11) is 0. The number of anilines is 1. The third kappa shape index (κ3) is 5.33. The fourth-order valence-corrected chi connectivity index (χ4v) is 4.20. The fourth-order valence-electron chi connectivity index (χ4n) is 4.20. The quantitative estimate of drug-likeness (QED) is 0.719. The van der Waals surface area contributed by atoms with Crippen LogP contribution >= 0.6 is 0 Å². The van der Waals surface area contributed by atoms with Crippen molar-refractivity contribution in [2.45, 2.75) is 40.2 Å². The number of carbonyl (C=O) groups excluding carboxylic acids is 2. The molecule has 2 amide bonds. The number of aromatic nitrogens is 1. The highest BCUT2D eigenvalue weighted by Gasteiger charge is 2.27. The molecule has 7 heteroatoms. The smallest absolute Gasteiger partial charge is 0.239 e. The van der Waals surface area contributed by atoms with Gasteiger partial charge in [-0.2, -0.15) is 5.26 Å². The summed E-state index contributed by atoms with van der Waals surface area (Å²) in [5.41, 5.74) is 3.44. The van der Waals surface area contributed by atoms with E-state index in [2.05, 4.69) is 16.7 Å². The normalized spacial score (nSPS) is 16.5. The highest BCUT2D eigenvalue weighted by atomic mass is 16.2. The first-order valence-electron chi connectivity index (χ1n) is 10.9. The van der Waals surface area contributed by atoms with E-state index in [0.29, 0.717) is 31.0 Å². The first-order valence-corrected chi connectivity index (χ1v) is 10.9. The summed E-state index contributed by atoms with van der Waals surface area (Å²) < 4.78 is 1.99. The minimum absolute atomic E-state index is 0.0577. The zero-order valence-electron chi connectivity index (χ0n) is 18.6. The van der Waals surface area contributed by atoms with Crippen molar-refractivity contribution in [3.63, 3.8) is 0 Å². The van der Waals surface area contributed by atoms with E-state index in [4.69, 9.17) is 0 Å². The number of hydrogen-bond donors (Lipinski definition) is 2. The summed E-state index contributed by atoms with van der Waals surface area (Å²) in [6.45, 7) is 8.55. The minimum Gasteiger partial charge on any atom is -0.356 e. The van der Waals surface area contributed by atoms with E-state index in [-0.39, 0.29) is 24.3 Å². The molecule has 0 saturated carbocycles. The van der Waals surface area contributed by atoms with Gasteiger partial charge in [-0.25, -0.2) is 0 Å². The van der Waals surface area contributed by atoms with Crippen LogP contribution in [0.3, 0.4) is 0 Å². The first kappa shape index (κ1) is 22.6. The predicted molar refractivity (Wildman–Crippen MR) is 121 cm³/mol. The van der Waals surface area contributed by atoms with Crippen molar-refractivity contribution in [2.75, 3.05) is 31.5 Å². The number of nitriles is 1. The average molecular weight is 422 g/mol. The maximum atomic E-state index is 12.9. The number of rotatable bonds is 7.